The fourth-order valence-corrected chi connectivity index (χ4v) is 2.89. The number of rotatable bonds is 6. The third-order valence-electron chi connectivity index (χ3n) is 1.68. The van der Waals surface area contributed by atoms with Gasteiger partial charge in [0, 0.05) is 11.4 Å². The van der Waals surface area contributed by atoms with Crippen LogP contribution in [-0.4, -0.2) is 32.4 Å². The number of hydrogen-bond donors (Lipinski definition) is 2. The predicted octanol–water partition coefficient (Wildman–Crippen LogP) is 0.856. The maximum atomic E-state index is 11.1. The van der Waals surface area contributed by atoms with Gasteiger partial charge in [-0.1, -0.05) is 11.6 Å². The third-order valence-corrected chi connectivity index (χ3v) is 4.34. The van der Waals surface area contributed by atoms with Crippen molar-refractivity contribution in [2.75, 3.05) is 18.9 Å². The lowest BCUT2D eigenvalue weighted by Gasteiger charge is -2.03. The Balaban J connectivity index is 2.33. The first kappa shape index (κ1) is 12.9. The van der Waals surface area contributed by atoms with E-state index in [0.717, 1.165) is 4.88 Å². The van der Waals surface area contributed by atoms with E-state index in [1.54, 1.807) is 6.07 Å². The largest absolute Gasteiger partial charge is 0.395 e. The van der Waals surface area contributed by atoms with E-state index in [0.29, 0.717) is 17.3 Å². The Morgan fingerprint density at radius 2 is 2.20 bits per heavy atom. The molecule has 4 nitrogen and oxygen atoms in total. The predicted molar refractivity (Wildman–Crippen MR) is 61.9 cm³/mol. The van der Waals surface area contributed by atoms with E-state index in [2.05, 4.69) is 4.72 Å². The molecule has 0 saturated heterocycles. The van der Waals surface area contributed by atoms with Gasteiger partial charge in [-0.3, -0.25) is 0 Å². The lowest BCUT2D eigenvalue weighted by atomic mass is 10.3. The van der Waals surface area contributed by atoms with Crippen LogP contribution in [0, 0.1) is 0 Å². The summed E-state index contributed by atoms with van der Waals surface area (Å²) in [5.74, 6) is -0.252. The van der Waals surface area contributed by atoms with Gasteiger partial charge in [-0.05, 0) is 18.6 Å². The van der Waals surface area contributed by atoms with Gasteiger partial charge in [-0.25, -0.2) is 13.1 Å². The standard InChI is InChI=1S/C8H12ClNO3S2/c9-8-2-1-7(14-8)3-4-10-15(12,13)6-5-11/h1-2,10-11H,3-6H2. The topological polar surface area (TPSA) is 66.4 Å². The van der Waals surface area contributed by atoms with Gasteiger partial charge in [0.05, 0.1) is 16.7 Å². The van der Waals surface area contributed by atoms with Gasteiger partial charge >= 0.3 is 0 Å². The number of aliphatic hydroxyl groups is 1. The molecule has 0 aliphatic carbocycles. The molecule has 1 aromatic rings. The lowest BCUT2D eigenvalue weighted by molar-refractivity contribution is 0.319. The average Bonchev–Trinajstić information content (AvgIpc) is 2.51. The highest BCUT2D eigenvalue weighted by Crippen LogP contribution is 2.21. The van der Waals surface area contributed by atoms with Crippen molar-refractivity contribution in [3.8, 4) is 0 Å². The molecule has 0 atom stereocenters. The molecule has 1 rings (SSSR count). The zero-order chi connectivity index (χ0) is 11.3. The molecule has 0 spiro atoms. The van der Waals surface area contributed by atoms with Crippen LogP contribution in [0.4, 0.5) is 0 Å². The summed E-state index contributed by atoms with van der Waals surface area (Å²) < 4.78 is 25.4. The molecule has 15 heavy (non-hydrogen) atoms. The molecule has 1 aromatic heterocycles. The van der Waals surface area contributed by atoms with Gasteiger partial charge in [0.2, 0.25) is 10.0 Å². The van der Waals surface area contributed by atoms with E-state index in [-0.39, 0.29) is 12.4 Å². The smallest absolute Gasteiger partial charge is 0.213 e. The first-order valence-corrected chi connectivity index (χ1v) is 7.20. The number of hydrogen-bond acceptors (Lipinski definition) is 4. The quantitative estimate of drug-likeness (QED) is 0.805. The Kier molecular flexibility index (Phi) is 5.01. The minimum atomic E-state index is -3.32. The maximum Gasteiger partial charge on any atom is 0.213 e. The van der Waals surface area contributed by atoms with E-state index < -0.39 is 10.0 Å². The molecular weight excluding hydrogens is 258 g/mol. The van der Waals surface area contributed by atoms with E-state index in [4.69, 9.17) is 16.7 Å². The Bertz CT molecular complexity index is 402. The van der Waals surface area contributed by atoms with Crippen LogP contribution in [0.3, 0.4) is 0 Å². The summed E-state index contributed by atoms with van der Waals surface area (Å²) in [6, 6.07) is 3.65. The monoisotopic (exact) mass is 269 g/mol. The first-order chi connectivity index (χ1) is 7.03. The second kappa shape index (κ2) is 5.81. The second-order valence-electron chi connectivity index (χ2n) is 2.89. The van der Waals surface area contributed by atoms with Gasteiger partial charge in [0.25, 0.3) is 0 Å². The van der Waals surface area contributed by atoms with Crippen molar-refractivity contribution in [2.24, 2.45) is 0 Å². The summed E-state index contributed by atoms with van der Waals surface area (Å²) >= 11 is 7.16. The highest BCUT2D eigenvalue weighted by molar-refractivity contribution is 7.89. The highest BCUT2D eigenvalue weighted by atomic mass is 35.5. The van der Waals surface area contributed by atoms with Gasteiger partial charge in [-0.15, -0.1) is 11.3 Å². The number of thiophene rings is 1. The summed E-state index contributed by atoms with van der Waals surface area (Å²) in [7, 11) is -3.32. The van der Waals surface area contributed by atoms with E-state index in [9.17, 15) is 8.42 Å². The summed E-state index contributed by atoms with van der Waals surface area (Å²) in [4.78, 5) is 1.03. The molecular formula is C8H12ClNO3S2. The maximum absolute atomic E-state index is 11.1. The van der Waals surface area contributed by atoms with Crippen LogP contribution in [0.5, 0.6) is 0 Å². The molecule has 2 N–H and O–H groups in total. The molecule has 7 heteroatoms. The van der Waals surface area contributed by atoms with Crippen LogP contribution >= 0.6 is 22.9 Å². The van der Waals surface area contributed by atoms with Crippen molar-refractivity contribution >= 4 is 33.0 Å². The number of nitrogens with one attached hydrogen (secondary N) is 1. The zero-order valence-electron chi connectivity index (χ0n) is 7.94. The van der Waals surface area contributed by atoms with Gasteiger partial charge < -0.3 is 5.11 Å². The van der Waals surface area contributed by atoms with Crippen LogP contribution < -0.4 is 4.72 Å². The number of halogens is 1. The van der Waals surface area contributed by atoms with Crippen molar-refractivity contribution < 1.29 is 13.5 Å². The third kappa shape index (κ3) is 4.94. The molecule has 0 unspecified atom stereocenters. The molecule has 0 bridgehead atoms. The SMILES string of the molecule is O=S(=O)(CCO)NCCc1ccc(Cl)s1. The number of sulfonamides is 1. The van der Waals surface area contributed by atoms with Gasteiger partial charge in [0.15, 0.2) is 0 Å². The van der Waals surface area contributed by atoms with Gasteiger partial charge in [-0.2, -0.15) is 0 Å². The lowest BCUT2D eigenvalue weighted by Crippen LogP contribution is -2.29. The number of aliphatic hydroxyl groups excluding tert-OH is 1. The Labute approximate surface area is 97.9 Å². The van der Waals surface area contributed by atoms with Crippen LogP contribution in [0.2, 0.25) is 4.34 Å². The zero-order valence-corrected chi connectivity index (χ0v) is 10.3. The molecule has 0 aliphatic rings. The van der Waals surface area contributed by atoms with Crippen molar-refractivity contribution in [3.63, 3.8) is 0 Å². The summed E-state index contributed by atoms with van der Waals surface area (Å²) in [5, 5.41) is 8.49. The van der Waals surface area contributed by atoms with Crippen LogP contribution in [0.1, 0.15) is 4.88 Å². The summed E-state index contributed by atoms with van der Waals surface area (Å²) in [6.45, 7) is -0.0284. The van der Waals surface area contributed by atoms with Crippen LogP contribution in [0.25, 0.3) is 0 Å². The first-order valence-electron chi connectivity index (χ1n) is 4.36. The molecule has 0 radical (unpaired) electrons. The summed E-state index contributed by atoms with van der Waals surface area (Å²) in [6.07, 6.45) is 0.613. The Hall–Kier alpha value is -0.140. The van der Waals surface area contributed by atoms with E-state index in [1.807, 2.05) is 6.07 Å². The highest BCUT2D eigenvalue weighted by Gasteiger charge is 2.08. The normalized spacial score (nSPS) is 11.9. The molecule has 86 valence electrons. The molecule has 1 heterocycles. The van der Waals surface area contributed by atoms with Crippen LogP contribution in [0.15, 0.2) is 12.1 Å². The van der Waals surface area contributed by atoms with E-state index >= 15 is 0 Å². The average molecular weight is 270 g/mol. The Morgan fingerprint density at radius 1 is 1.47 bits per heavy atom. The fourth-order valence-electron chi connectivity index (χ4n) is 1.01. The van der Waals surface area contributed by atoms with Gasteiger partial charge in [0.1, 0.15) is 0 Å². The van der Waals surface area contributed by atoms with Crippen molar-refractivity contribution in [3.05, 3.63) is 21.3 Å². The molecule has 0 amide bonds. The fraction of sp³-hybridized carbons (Fsp3) is 0.500. The molecule has 0 aromatic carbocycles. The minimum Gasteiger partial charge on any atom is -0.395 e. The molecule has 0 fully saturated rings. The molecule has 0 saturated carbocycles. The van der Waals surface area contributed by atoms with Crippen LogP contribution in [-0.2, 0) is 16.4 Å². The van der Waals surface area contributed by atoms with Crippen molar-refractivity contribution in [1.82, 2.24) is 4.72 Å². The van der Waals surface area contributed by atoms with Crippen molar-refractivity contribution in [1.29, 1.82) is 0 Å². The second-order valence-corrected chi connectivity index (χ2v) is 6.62. The van der Waals surface area contributed by atoms with Crippen molar-refractivity contribution in [2.45, 2.75) is 6.42 Å². The summed E-state index contributed by atoms with van der Waals surface area (Å²) in [5.41, 5.74) is 0. The Morgan fingerprint density at radius 3 is 2.73 bits per heavy atom. The molecule has 0 aliphatic heterocycles. The minimum absolute atomic E-state index is 0.252. The van der Waals surface area contributed by atoms with E-state index in [1.165, 1.54) is 11.3 Å².